The third-order valence-corrected chi connectivity index (χ3v) is 5.43. The molecule has 21 heavy (non-hydrogen) atoms. The van der Waals surface area contributed by atoms with E-state index in [1.807, 2.05) is 13.1 Å². The van der Waals surface area contributed by atoms with E-state index in [0.29, 0.717) is 0 Å². The highest BCUT2D eigenvalue weighted by Gasteiger charge is 2.29. The summed E-state index contributed by atoms with van der Waals surface area (Å²) in [6, 6.07) is 2.92. The van der Waals surface area contributed by atoms with Crippen LogP contribution in [0.1, 0.15) is 38.0 Å². The fourth-order valence-electron chi connectivity index (χ4n) is 3.41. The third-order valence-electron chi connectivity index (χ3n) is 4.80. The van der Waals surface area contributed by atoms with Gasteiger partial charge in [0.2, 0.25) is 0 Å². The Morgan fingerprint density at radius 1 is 1.33 bits per heavy atom. The van der Waals surface area contributed by atoms with Gasteiger partial charge in [-0.1, -0.05) is 6.42 Å². The van der Waals surface area contributed by atoms with Crippen molar-refractivity contribution in [1.82, 2.24) is 9.88 Å². The molecule has 2 aliphatic rings. The lowest BCUT2D eigenvalue weighted by Gasteiger charge is -2.44. The fourth-order valence-corrected chi connectivity index (χ4v) is 4.07. The number of hydrogen-bond acceptors (Lipinski definition) is 4. The van der Waals surface area contributed by atoms with Crippen LogP contribution in [0.2, 0.25) is 0 Å². The zero-order valence-electron chi connectivity index (χ0n) is 12.9. The van der Waals surface area contributed by atoms with Crippen molar-refractivity contribution in [2.45, 2.75) is 38.3 Å². The molecular weight excluding hydrogens is 330 g/mol. The van der Waals surface area contributed by atoms with Crippen molar-refractivity contribution in [2.75, 3.05) is 38.2 Å². The molecule has 0 spiro atoms. The molecule has 0 aliphatic carbocycles. The van der Waals surface area contributed by atoms with Crippen molar-refractivity contribution in [3.8, 4) is 0 Å². The van der Waals surface area contributed by atoms with Gasteiger partial charge < -0.3 is 9.64 Å². The molecule has 1 aromatic heterocycles. The lowest BCUT2D eigenvalue weighted by atomic mass is 9.99. The molecule has 1 aromatic rings. The zero-order valence-corrected chi connectivity index (χ0v) is 14.5. The molecule has 2 aliphatic heterocycles. The second-order valence-corrected chi connectivity index (χ2v) is 6.92. The minimum Gasteiger partial charge on any atom is -0.375 e. The SMILES string of the molecule is COC(C)c1ncc(N2CCN3CCCC[C@@H]3C2)cc1Br. The summed E-state index contributed by atoms with van der Waals surface area (Å²) < 4.78 is 6.40. The number of halogens is 1. The first-order valence-corrected chi connectivity index (χ1v) is 8.65. The van der Waals surface area contributed by atoms with Crippen molar-refractivity contribution < 1.29 is 4.74 Å². The summed E-state index contributed by atoms with van der Waals surface area (Å²) in [5, 5.41) is 0. The Balaban J connectivity index is 1.73. The lowest BCUT2D eigenvalue weighted by molar-refractivity contribution is 0.115. The molecular formula is C16H24BrN3O. The Morgan fingerprint density at radius 2 is 2.19 bits per heavy atom. The molecule has 2 fully saturated rings. The molecule has 0 saturated carbocycles. The summed E-state index contributed by atoms with van der Waals surface area (Å²) in [4.78, 5) is 9.74. The number of pyridine rings is 1. The van der Waals surface area contributed by atoms with E-state index in [-0.39, 0.29) is 6.10 Å². The molecule has 2 atom stereocenters. The molecule has 116 valence electrons. The number of piperidine rings is 1. The maximum Gasteiger partial charge on any atom is 0.0974 e. The highest BCUT2D eigenvalue weighted by atomic mass is 79.9. The van der Waals surface area contributed by atoms with E-state index in [2.05, 4.69) is 36.8 Å². The molecule has 0 aromatic carbocycles. The minimum atomic E-state index is 0.0172. The van der Waals surface area contributed by atoms with Crippen LogP contribution >= 0.6 is 15.9 Å². The Hall–Kier alpha value is -0.650. The van der Waals surface area contributed by atoms with Gasteiger partial charge in [-0.05, 0) is 48.3 Å². The molecule has 2 saturated heterocycles. The van der Waals surface area contributed by atoms with Crippen LogP contribution in [0, 0.1) is 0 Å². The Bertz CT molecular complexity index is 496. The predicted octanol–water partition coefficient (Wildman–Crippen LogP) is 3.23. The summed E-state index contributed by atoms with van der Waals surface area (Å²) in [6.45, 7) is 6.72. The second-order valence-electron chi connectivity index (χ2n) is 6.07. The highest BCUT2D eigenvalue weighted by Crippen LogP contribution is 2.29. The smallest absolute Gasteiger partial charge is 0.0974 e. The van der Waals surface area contributed by atoms with Gasteiger partial charge in [0.15, 0.2) is 0 Å². The molecule has 4 nitrogen and oxygen atoms in total. The van der Waals surface area contributed by atoms with Crippen LogP contribution in [0.4, 0.5) is 5.69 Å². The van der Waals surface area contributed by atoms with Crippen LogP contribution in [-0.4, -0.2) is 49.2 Å². The average molecular weight is 354 g/mol. The van der Waals surface area contributed by atoms with Gasteiger partial charge in [0, 0.05) is 37.3 Å². The predicted molar refractivity (Wildman–Crippen MR) is 88.8 cm³/mol. The van der Waals surface area contributed by atoms with Crippen molar-refractivity contribution in [2.24, 2.45) is 0 Å². The van der Waals surface area contributed by atoms with E-state index in [1.54, 1.807) is 7.11 Å². The molecule has 5 heteroatoms. The molecule has 0 amide bonds. The Morgan fingerprint density at radius 3 is 2.95 bits per heavy atom. The zero-order chi connectivity index (χ0) is 14.8. The van der Waals surface area contributed by atoms with Crippen LogP contribution in [0.25, 0.3) is 0 Å². The molecule has 0 bridgehead atoms. The first-order valence-electron chi connectivity index (χ1n) is 7.86. The van der Waals surface area contributed by atoms with Crippen LogP contribution < -0.4 is 4.90 Å². The Kier molecular flexibility index (Phi) is 4.82. The minimum absolute atomic E-state index is 0.0172. The summed E-state index contributed by atoms with van der Waals surface area (Å²) >= 11 is 3.64. The van der Waals surface area contributed by atoms with E-state index in [1.165, 1.54) is 38.0 Å². The quantitative estimate of drug-likeness (QED) is 0.833. The standard InChI is InChI=1S/C16H24BrN3O/c1-12(21-2)16-15(17)9-14(10-18-16)20-8-7-19-6-4-3-5-13(19)11-20/h9-10,12-13H,3-8,11H2,1-2H3/t12?,13-/m1/s1. The second kappa shape index (κ2) is 6.63. The number of aromatic nitrogens is 1. The monoisotopic (exact) mass is 353 g/mol. The van der Waals surface area contributed by atoms with E-state index in [0.717, 1.165) is 29.3 Å². The summed E-state index contributed by atoms with van der Waals surface area (Å²) in [5.41, 5.74) is 2.19. The largest absolute Gasteiger partial charge is 0.375 e. The van der Waals surface area contributed by atoms with Crippen LogP contribution in [0.5, 0.6) is 0 Å². The first kappa shape index (κ1) is 15.3. The van der Waals surface area contributed by atoms with Gasteiger partial charge in [0.1, 0.15) is 0 Å². The number of methoxy groups -OCH3 is 1. The van der Waals surface area contributed by atoms with Crippen LogP contribution in [-0.2, 0) is 4.74 Å². The van der Waals surface area contributed by atoms with Gasteiger partial charge in [-0.15, -0.1) is 0 Å². The van der Waals surface area contributed by atoms with E-state index in [9.17, 15) is 0 Å². The normalized spacial score (nSPS) is 24.7. The van der Waals surface area contributed by atoms with Gasteiger partial charge in [-0.25, -0.2) is 0 Å². The number of rotatable bonds is 3. The fraction of sp³-hybridized carbons (Fsp3) is 0.688. The summed E-state index contributed by atoms with van der Waals surface area (Å²) in [6.07, 6.45) is 6.09. The van der Waals surface area contributed by atoms with Crippen molar-refractivity contribution in [3.05, 3.63) is 22.4 Å². The molecule has 0 N–H and O–H groups in total. The van der Waals surface area contributed by atoms with Crippen LogP contribution in [0.3, 0.4) is 0 Å². The third kappa shape index (κ3) is 3.25. The number of fused-ring (bicyclic) bond motifs is 1. The van der Waals surface area contributed by atoms with E-state index in [4.69, 9.17) is 4.74 Å². The first-order chi connectivity index (χ1) is 10.2. The lowest BCUT2D eigenvalue weighted by Crippen LogP contribution is -2.54. The Labute approximate surface area is 135 Å². The van der Waals surface area contributed by atoms with Crippen LogP contribution in [0.15, 0.2) is 16.7 Å². The molecule has 0 radical (unpaired) electrons. The topological polar surface area (TPSA) is 28.6 Å². The molecule has 3 rings (SSSR count). The van der Waals surface area contributed by atoms with Gasteiger partial charge in [-0.2, -0.15) is 0 Å². The number of piperazine rings is 1. The van der Waals surface area contributed by atoms with Gasteiger partial charge >= 0.3 is 0 Å². The number of hydrogen-bond donors (Lipinski definition) is 0. The number of anilines is 1. The summed E-state index contributed by atoms with van der Waals surface area (Å²) in [7, 11) is 1.72. The maximum absolute atomic E-state index is 5.36. The van der Waals surface area contributed by atoms with Crippen molar-refractivity contribution >= 4 is 21.6 Å². The van der Waals surface area contributed by atoms with Gasteiger partial charge in [0.25, 0.3) is 0 Å². The number of nitrogens with zero attached hydrogens (tertiary/aromatic N) is 3. The van der Waals surface area contributed by atoms with Crippen molar-refractivity contribution in [1.29, 1.82) is 0 Å². The average Bonchev–Trinajstić information content (AvgIpc) is 2.53. The molecule has 3 heterocycles. The maximum atomic E-state index is 5.36. The highest BCUT2D eigenvalue weighted by molar-refractivity contribution is 9.10. The van der Waals surface area contributed by atoms with E-state index < -0.39 is 0 Å². The number of ether oxygens (including phenoxy) is 1. The van der Waals surface area contributed by atoms with Gasteiger partial charge in [-0.3, -0.25) is 9.88 Å². The van der Waals surface area contributed by atoms with E-state index >= 15 is 0 Å². The summed E-state index contributed by atoms with van der Waals surface area (Å²) in [5.74, 6) is 0. The van der Waals surface area contributed by atoms with Gasteiger partial charge in [0.05, 0.1) is 23.7 Å². The molecule has 1 unspecified atom stereocenters. The van der Waals surface area contributed by atoms with Crippen molar-refractivity contribution in [3.63, 3.8) is 0 Å².